The van der Waals surface area contributed by atoms with Gasteiger partial charge in [-0.05, 0) is 36.2 Å². The molecule has 1 atom stereocenters. The van der Waals surface area contributed by atoms with E-state index in [1.165, 1.54) is 24.0 Å². The van der Waals surface area contributed by atoms with Gasteiger partial charge in [0.25, 0.3) is 5.76 Å². The number of hydrogen-bond acceptors (Lipinski definition) is 6. The topological polar surface area (TPSA) is 63.0 Å². The van der Waals surface area contributed by atoms with E-state index in [4.69, 9.17) is 0 Å². The molecular formula is C19H15F4N3O2S2. The molecule has 2 aromatic carbocycles. The minimum absolute atomic E-state index is 0.0362. The number of nitrogens with one attached hydrogen (secondary N) is 1. The van der Waals surface area contributed by atoms with Crippen molar-refractivity contribution in [2.24, 2.45) is 10.2 Å². The summed E-state index contributed by atoms with van der Waals surface area (Å²) >= 11 is 1.64. The number of thioether (sulfide) groups is 2. The van der Waals surface area contributed by atoms with Crippen molar-refractivity contribution in [2.45, 2.75) is 28.9 Å². The Balaban J connectivity index is 1.60. The van der Waals surface area contributed by atoms with Gasteiger partial charge in [0, 0.05) is 10.5 Å². The van der Waals surface area contributed by atoms with E-state index < -0.39 is 17.6 Å². The van der Waals surface area contributed by atoms with E-state index in [1.54, 1.807) is 42.5 Å². The number of amidine groups is 1. The Labute approximate surface area is 178 Å². The third kappa shape index (κ3) is 6.49. The second-order valence-corrected chi connectivity index (χ2v) is 8.14. The first kappa shape index (κ1) is 22.2. The van der Waals surface area contributed by atoms with Crippen molar-refractivity contribution in [3.63, 3.8) is 0 Å². The highest BCUT2D eigenvalue weighted by molar-refractivity contribution is 8.15. The number of carbonyl (C=O) groups excluding carboxylic acids is 1. The first-order chi connectivity index (χ1) is 14.4. The zero-order valence-electron chi connectivity index (χ0n) is 15.2. The van der Waals surface area contributed by atoms with Gasteiger partial charge < -0.3 is 10.1 Å². The number of benzene rings is 2. The zero-order valence-corrected chi connectivity index (χ0v) is 16.8. The van der Waals surface area contributed by atoms with Crippen LogP contribution < -0.4 is 10.1 Å². The number of para-hydroxylation sites is 1. The summed E-state index contributed by atoms with van der Waals surface area (Å²) in [4.78, 5) is 12.6. The minimum atomic E-state index is -2.96. The van der Waals surface area contributed by atoms with E-state index in [9.17, 15) is 22.4 Å². The quantitative estimate of drug-likeness (QED) is 0.269. The Morgan fingerprint density at radius 3 is 2.57 bits per heavy atom. The maximum atomic E-state index is 12.4. The summed E-state index contributed by atoms with van der Waals surface area (Å²) in [5.74, 6) is -2.77. The molecule has 1 amide bonds. The van der Waals surface area contributed by atoms with Crippen LogP contribution in [0.1, 0.15) is 11.1 Å². The summed E-state index contributed by atoms with van der Waals surface area (Å²) in [5, 5.41) is 10.2. The molecule has 0 aromatic heterocycles. The molecule has 1 aliphatic heterocycles. The van der Waals surface area contributed by atoms with Gasteiger partial charge in [0.15, 0.2) is 5.17 Å². The number of alkyl halides is 4. The zero-order chi connectivity index (χ0) is 21.5. The Hall–Kier alpha value is -2.53. The van der Waals surface area contributed by atoms with Crippen molar-refractivity contribution in [3.05, 3.63) is 59.7 Å². The van der Waals surface area contributed by atoms with Gasteiger partial charge in [-0.1, -0.05) is 47.8 Å². The number of nitrogens with zero attached hydrogens (tertiary/aromatic N) is 2. The van der Waals surface area contributed by atoms with Gasteiger partial charge >= 0.3 is 6.61 Å². The van der Waals surface area contributed by atoms with E-state index in [0.717, 1.165) is 5.56 Å². The maximum Gasteiger partial charge on any atom is 0.387 e. The van der Waals surface area contributed by atoms with Gasteiger partial charge in [0.1, 0.15) is 5.75 Å². The lowest BCUT2D eigenvalue weighted by atomic mass is 10.1. The van der Waals surface area contributed by atoms with Crippen molar-refractivity contribution in [1.82, 2.24) is 5.32 Å². The number of halogens is 4. The van der Waals surface area contributed by atoms with E-state index >= 15 is 0 Å². The summed E-state index contributed by atoms with van der Waals surface area (Å²) < 4.78 is 54.0. The summed E-state index contributed by atoms with van der Waals surface area (Å²) in [6.45, 7) is -2.96. The van der Waals surface area contributed by atoms with E-state index in [0.29, 0.717) is 28.6 Å². The molecule has 0 unspecified atom stereocenters. The Bertz CT molecular complexity index is 940. The molecule has 0 spiro atoms. The summed E-state index contributed by atoms with van der Waals surface area (Å²) in [6.07, 6.45) is 1.65. The summed E-state index contributed by atoms with van der Waals surface area (Å²) in [7, 11) is 0. The molecule has 5 nitrogen and oxygen atoms in total. The van der Waals surface area contributed by atoms with E-state index in [2.05, 4.69) is 20.3 Å². The first-order valence-corrected chi connectivity index (χ1v) is 10.3. The maximum absolute atomic E-state index is 12.4. The molecule has 1 N–H and O–H groups in total. The molecule has 2 aromatic rings. The van der Waals surface area contributed by atoms with Gasteiger partial charge in [-0.2, -0.15) is 22.7 Å². The highest BCUT2D eigenvalue weighted by Gasteiger charge is 2.30. The molecule has 0 saturated carbocycles. The standard InChI is InChI=1S/C19H15F4N3O2S2/c20-17(21)28-14-4-2-1-3-12(14)10-24-26-19-25-16(27)15(30-19)9-11-5-7-13(8-6-11)29-18(22)23/h1-8,10,15,17-18H,9H2,(H,25,26,27)/b24-10-/t15-/m1/s1. The molecular weight excluding hydrogens is 442 g/mol. The summed E-state index contributed by atoms with van der Waals surface area (Å²) in [5.41, 5.74) is 1.14. The SMILES string of the molecule is O=C1N/C(=N/N=C\c2ccccc2OC(F)F)S[C@@H]1Cc1ccc(SC(F)F)cc1. The second kappa shape index (κ2) is 10.5. The Morgan fingerprint density at radius 1 is 1.13 bits per heavy atom. The van der Waals surface area contributed by atoms with Crippen LogP contribution in [0.25, 0.3) is 0 Å². The molecule has 158 valence electrons. The monoisotopic (exact) mass is 457 g/mol. The lowest BCUT2D eigenvalue weighted by Gasteiger charge is -2.06. The smallest absolute Gasteiger partial charge is 0.387 e. The van der Waals surface area contributed by atoms with Crippen molar-refractivity contribution in [1.29, 1.82) is 0 Å². The van der Waals surface area contributed by atoms with Crippen molar-refractivity contribution in [2.75, 3.05) is 0 Å². The van der Waals surface area contributed by atoms with Crippen molar-refractivity contribution in [3.8, 4) is 5.75 Å². The van der Waals surface area contributed by atoms with Crippen LogP contribution in [0.3, 0.4) is 0 Å². The van der Waals surface area contributed by atoms with Crippen LogP contribution in [0.4, 0.5) is 17.6 Å². The first-order valence-electron chi connectivity index (χ1n) is 8.57. The van der Waals surface area contributed by atoms with Crippen LogP contribution in [0.15, 0.2) is 63.6 Å². The molecule has 0 radical (unpaired) electrons. The number of amides is 1. The highest BCUT2D eigenvalue weighted by atomic mass is 32.2. The molecule has 0 bridgehead atoms. The van der Waals surface area contributed by atoms with Crippen LogP contribution in [-0.2, 0) is 11.2 Å². The van der Waals surface area contributed by atoms with Crippen molar-refractivity contribution < 1.29 is 27.1 Å². The van der Waals surface area contributed by atoms with Crippen LogP contribution in [0.2, 0.25) is 0 Å². The van der Waals surface area contributed by atoms with Gasteiger partial charge in [-0.15, -0.1) is 5.10 Å². The molecule has 30 heavy (non-hydrogen) atoms. The normalized spacial score (nSPS) is 18.0. The van der Waals surface area contributed by atoms with Crippen LogP contribution >= 0.6 is 23.5 Å². The van der Waals surface area contributed by atoms with Crippen LogP contribution in [0, 0.1) is 0 Å². The van der Waals surface area contributed by atoms with Gasteiger partial charge in [0.2, 0.25) is 5.91 Å². The number of rotatable bonds is 8. The fourth-order valence-electron chi connectivity index (χ4n) is 2.54. The van der Waals surface area contributed by atoms with Crippen LogP contribution in [-0.4, -0.2) is 34.9 Å². The molecule has 1 saturated heterocycles. The molecule has 1 aliphatic rings. The number of hydrogen-bond donors (Lipinski definition) is 1. The summed E-state index contributed by atoms with van der Waals surface area (Å²) in [6, 6.07) is 12.7. The lowest BCUT2D eigenvalue weighted by Crippen LogP contribution is -2.25. The fourth-order valence-corrected chi connectivity index (χ4v) is 4.01. The average Bonchev–Trinajstić information content (AvgIpc) is 3.03. The molecule has 1 fully saturated rings. The van der Waals surface area contributed by atoms with Crippen LogP contribution in [0.5, 0.6) is 5.75 Å². The second-order valence-electron chi connectivity index (χ2n) is 5.89. The third-order valence-electron chi connectivity index (χ3n) is 3.83. The van der Waals surface area contributed by atoms with E-state index in [1.807, 2.05) is 0 Å². The minimum Gasteiger partial charge on any atom is -0.434 e. The molecule has 11 heteroatoms. The Morgan fingerprint density at radius 2 is 1.87 bits per heavy atom. The lowest BCUT2D eigenvalue weighted by molar-refractivity contribution is -0.118. The average molecular weight is 457 g/mol. The van der Waals surface area contributed by atoms with Gasteiger partial charge in [-0.25, -0.2) is 0 Å². The molecule has 0 aliphatic carbocycles. The van der Waals surface area contributed by atoms with Crippen molar-refractivity contribution >= 4 is 40.8 Å². The predicted octanol–water partition coefficient (Wildman–Crippen LogP) is 4.77. The van der Waals surface area contributed by atoms with Gasteiger partial charge in [-0.3, -0.25) is 4.79 Å². The Kier molecular flexibility index (Phi) is 7.75. The van der Waals surface area contributed by atoms with Gasteiger partial charge in [0.05, 0.1) is 11.5 Å². The number of carbonyl (C=O) groups is 1. The largest absolute Gasteiger partial charge is 0.434 e. The highest BCUT2D eigenvalue weighted by Crippen LogP contribution is 2.27. The number of ether oxygens (including phenoxy) is 1. The molecule has 1 heterocycles. The predicted molar refractivity (Wildman–Crippen MR) is 110 cm³/mol. The van der Waals surface area contributed by atoms with E-state index in [-0.39, 0.29) is 16.8 Å². The molecule has 3 rings (SSSR count). The fraction of sp³-hybridized carbons (Fsp3) is 0.211. The third-order valence-corrected chi connectivity index (χ3v) is 5.62.